The molecule has 0 aromatic carbocycles. The predicted octanol–water partition coefficient (Wildman–Crippen LogP) is 1.44. The molecule has 10 heavy (non-hydrogen) atoms. The first kappa shape index (κ1) is 10.3. The number of rotatable bonds is 5. The Hall–Kier alpha value is 0.270. The van der Waals surface area contributed by atoms with Crippen molar-refractivity contribution in [1.29, 1.82) is 0 Å². The minimum Gasteiger partial charge on any atom is -0.298 e. The van der Waals surface area contributed by atoms with E-state index in [9.17, 15) is 4.79 Å². The summed E-state index contributed by atoms with van der Waals surface area (Å²) in [5, 5.41) is 0. The molecule has 0 radical (unpaired) electrons. The second-order valence-corrected chi connectivity index (χ2v) is 3.26. The van der Waals surface area contributed by atoms with Gasteiger partial charge in [0.15, 0.2) is 0 Å². The predicted molar refractivity (Wildman–Crippen MR) is 46.5 cm³/mol. The van der Waals surface area contributed by atoms with E-state index in [4.69, 9.17) is 11.8 Å². The molecule has 0 saturated carbocycles. The molecular weight excluding hydrogens is 170 g/mol. The SMILES string of the molecule is CSCC[C@H](NCl)C(C)=O. The highest BCUT2D eigenvalue weighted by Gasteiger charge is 2.10. The third-order valence-corrected chi connectivity index (χ3v) is 2.14. The summed E-state index contributed by atoms with van der Waals surface area (Å²) in [6.07, 6.45) is 2.81. The van der Waals surface area contributed by atoms with Crippen molar-refractivity contribution in [2.24, 2.45) is 0 Å². The number of ketones is 1. The molecule has 0 bridgehead atoms. The summed E-state index contributed by atoms with van der Waals surface area (Å²) in [5.74, 6) is 1.06. The Bertz CT molecular complexity index is 110. The molecule has 0 heterocycles. The monoisotopic (exact) mass is 181 g/mol. The van der Waals surface area contributed by atoms with Crippen LogP contribution < -0.4 is 4.84 Å². The van der Waals surface area contributed by atoms with Gasteiger partial charge in [0.1, 0.15) is 5.78 Å². The van der Waals surface area contributed by atoms with Crippen molar-refractivity contribution in [3.05, 3.63) is 0 Å². The fourth-order valence-electron chi connectivity index (χ4n) is 0.570. The number of carbonyl (C=O) groups is 1. The van der Waals surface area contributed by atoms with E-state index >= 15 is 0 Å². The second-order valence-electron chi connectivity index (χ2n) is 2.05. The van der Waals surface area contributed by atoms with Crippen molar-refractivity contribution < 1.29 is 4.79 Å². The van der Waals surface area contributed by atoms with Crippen molar-refractivity contribution in [2.45, 2.75) is 19.4 Å². The van der Waals surface area contributed by atoms with Gasteiger partial charge in [0, 0.05) is 0 Å². The largest absolute Gasteiger partial charge is 0.298 e. The Morgan fingerprint density at radius 1 is 1.80 bits per heavy atom. The summed E-state index contributed by atoms with van der Waals surface area (Å²) in [6, 6.07) is -0.172. The molecule has 0 rings (SSSR count). The van der Waals surface area contributed by atoms with Gasteiger partial charge in [0.2, 0.25) is 0 Å². The van der Waals surface area contributed by atoms with E-state index < -0.39 is 0 Å². The summed E-state index contributed by atoms with van der Waals surface area (Å²) >= 11 is 7.03. The standard InChI is InChI=1S/C6H12ClNOS/c1-5(9)6(8-7)3-4-10-2/h6,8H,3-4H2,1-2H3/t6-/m0/s1. The fourth-order valence-corrected chi connectivity index (χ4v) is 1.30. The van der Waals surface area contributed by atoms with Gasteiger partial charge in [-0.2, -0.15) is 11.8 Å². The number of thioether (sulfide) groups is 1. The number of nitrogens with one attached hydrogen (secondary N) is 1. The summed E-state index contributed by atoms with van der Waals surface area (Å²) in [6.45, 7) is 1.54. The Kier molecular flexibility index (Phi) is 6.17. The molecule has 4 heteroatoms. The Labute approximate surface area is 70.8 Å². The van der Waals surface area contributed by atoms with Gasteiger partial charge in [-0.15, -0.1) is 0 Å². The molecule has 0 saturated heterocycles. The third kappa shape index (κ3) is 4.14. The molecule has 0 spiro atoms. The quantitative estimate of drug-likeness (QED) is 0.651. The van der Waals surface area contributed by atoms with E-state index in [1.165, 1.54) is 0 Å². The number of Topliss-reactive ketones (excluding diaryl/α,β-unsaturated/α-hetero) is 1. The molecule has 0 aromatic heterocycles. The smallest absolute Gasteiger partial charge is 0.147 e. The molecule has 1 N–H and O–H groups in total. The molecular formula is C6H12ClNOS. The van der Waals surface area contributed by atoms with Gasteiger partial charge in [-0.1, -0.05) is 0 Å². The maximum absolute atomic E-state index is 10.7. The summed E-state index contributed by atoms with van der Waals surface area (Å²) in [5.41, 5.74) is 0. The first-order chi connectivity index (χ1) is 4.72. The molecule has 0 unspecified atom stereocenters. The van der Waals surface area contributed by atoms with Crippen molar-refractivity contribution in [1.82, 2.24) is 4.84 Å². The van der Waals surface area contributed by atoms with Crippen LogP contribution in [0, 0.1) is 0 Å². The van der Waals surface area contributed by atoms with Gasteiger partial charge >= 0.3 is 0 Å². The van der Waals surface area contributed by atoms with Crippen LogP contribution in [-0.4, -0.2) is 23.8 Å². The van der Waals surface area contributed by atoms with Gasteiger partial charge in [-0.3, -0.25) is 4.79 Å². The van der Waals surface area contributed by atoms with Gasteiger partial charge in [0.25, 0.3) is 0 Å². The topological polar surface area (TPSA) is 29.1 Å². The number of hydrogen-bond acceptors (Lipinski definition) is 3. The zero-order chi connectivity index (χ0) is 7.98. The van der Waals surface area contributed by atoms with Crippen molar-refractivity contribution >= 4 is 29.3 Å². The lowest BCUT2D eigenvalue weighted by Gasteiger charge is -2.08. The van der Waals surface area contributed by atoms with E-state index in [1.54, 1.807) is 18.7 Å². The van der Waals surface area contributed by atoms with Crippen LogP contribution in [0.3, 0.4) is 0 Å². The van der Waals surface area contributed by atoms with E-state index in [2.05, 4.69) is 4.84 Å². The first-order valence-electron chi connectivity index (χ1n) is 3.08. The average molecular weight is 182 g/mol. The molecule has 0 aliphatic rings. The van der Waals surface area contributed by atoms with E-state index in [0.717, 1.165) is 12.2 Å². The third-order valence-electron chi connectivity index (χ3n) is 1.23. The molecule has 1 atom stereocenters. The first-order valence-corrected chi connectivity index (χ1v) is 4.85. The van der Waals surface area contributed by atoms with Crippen molar-refractivity contribution in [3.63, 3.8) is 0 Å². The van der Waals surface area contributed by atoms with Crippen LogP contribution in [0.2, 0.25) is 0 Å². The maximum atomic E-state index is 10.7. The molecule has 0 aliphatic heterocycles. The molecule has 0 amide bonds. The fraction of sp³-hybridized carbons (Fsp3) is 0.833. The van der Waals surface area contributed by atoms with Crippen LogP contribution >= 0.6 is 23.5 Å². The van der Waals surface area contributed by atoms with Crippen LogP contribution in [-0.2, 0) is 4.79 Å². The highest BCUT2D eigenvalue weighted by Crippen LogP contribution is 2.01. The molecule has 0 aliphatic carbocycles. The normalized spacial score (nSPS) is 13.1. The molecule has 60 valence electrons. The van der Waals surface area contributed by atoms with Crippen LogP contribution in [0.1, 0.15) is 13.3 Å². The van der Waals surface area contributed by atoms with E-state index in [-0.39, 0.29) is 11.8 Å². The highest BCUT2D eigenvalue weighted by molar-refractivity contribution is 7.98. The van der Waals surface area contributed by atoms with E-state index in [0.29, 0.717) is 0 Å². The highest BCUT2D eigenvalue weighted by atomic mass is 35.5. The minimum absolute atomic E-state index is 0.101. The Balaban J connectivity index is 3.50. The Morgan fingerprint density at radius 2 is 2.40 bits per heavy atom. The van der Waals surface area contributed by atoms with Crippen molar-refractivity contribution in [3.8, 4) is 0 Å². The summed E-state index contributed by atoms with van der Waals surface area (Å²) in [7, 11) is 0. The van der Waals surface area contributed by atoms with Crippen LogP contribution in [0.25, 0.3) is 0 Å². The van der Waals surface area contributed by atoms with E-state index in [1.807, 2.05) is 6.26 Å². The molecule has 0 fully saturated rings. The minimum atomic E-state index is -0.172. The van der Waals surface area contributed by atoms with Crippen molar-refractivity contribution in [2.75, 3.05) is 12.0 Å². The lowest BCUT2D eigenvalue weighted by atomic mass is 10.2. The van der Waals surface area contributed by atoms with Gasteiger partial charge in [-0.05, 0) is 37.1 Å². The summed E-state index contributed by atoms with van der Waals surface area (Å²) in [4.78, 5) is 13.2. The Morgan fingerprint density at radius 3 is 2.70 bits per heavy atom. The second kappa shape index (κ2) is 6.01. The summed E-state index contributed by atoms with van der Waals surface area (Å²) < 4.78 is 0. The molecule has 0 aromatic rings. The van der Waals surface area contributed by atoms with Crippen LogP contribution in [0.4, 0.5) is 0 Å². The number of halogens is 1. The maximum Gasteiger partial charge on any atom is 0.147 e. The van der Waals surface area contributed by atoms with Crippen LogP contribution in [0.15, 0.2) is 0 Å². The van der Waals surface area contributed by atoms with Gasteiger partial charge in [0.05, 0.1) is 6.04 Å². The number of hydrogen-bond donors (Lipinski definition) is 1. The van der Waals surface area contributed by atoms with Gasteiger partial charge in [-0.25, -0.2) is 4.84 Å². The molecule has 2 nitrogen and oxygen atoms in total. The number of carbonyl (C=O) groups excluding carboxylic acids is 1. The zero-order valence-corrected chi connectivity index (χ0v) is 7.76. The average Bonchev–Trinajstić information content (AvgIpc) is 1.89. The lowest BCUT2D eigenvalue weighted by Crippen LogP contribution is -2.29. The zero-order valence-electron chi connectivity index (χ0n) is 6.19. The van der Waals surface area contributed by atoms with Gasteiger partial charge < -0.3 is 0 Å². The lowest BCUT2D eigenvalue weighted by molar-refractivity contribution is -0.118. The van der Waals surface area contributed by atoms with Crippen LogP contribution in [0.5, 0.6) is 0 Å².